The van der Waals surface area contributed by atoms with Crippen LogP contribution in [-0.2, 0) is 33.4 Å². The quantitative estimate of drug-likeness (QED) is 0.289. The van der Waals surface area contributed by atoms with E-state index in [4.69, 9.17) is 26.4 Å². The van der Waals surface area contributed by atoms with Gasteiger partial charge in [-0.25, -0.2) is 13.6 Å². The van der Waals surface area contributed by atoms with Crippen molar-refractivity contribution >= 4 is 40.8 Å². The minimum atomic E-state index is -1.94. The molecular weight excluding hydrogens is 518 g/mol. The minimum Gasteiger partial charge on any atom is -0.468 e. The van der Waals surface area contributed by atoms with Crippen molar-refractivity contribution in [3.63, 3.8) is 0 Å². The number of Topliss-reactive ketones (excluding diaryl/α,β-unsaturated/α-hetero) is 1. The van der Waals surface area contributed by atoms with Crippen molar-refractivity contribution in [3.8, 4) is 0 Å². The fourth-order valence-electron chi connectivity index (χ4n) is 8.42. The van der Waals surface area contributed by atoms with Gasteiger partial charge >= 0.3 is 11.9 Å². The maximum Gasteiger partial charge on any atom is 0.347 e. The molecule has 3 unspecified atom stereocenters. The highest BCUT2D eigenvalue weighted by atomic mass is 32.1. The second-order valence-corrected chi connectivity index (χ2v) is 12.5. The molecule has 0 spiro atoms. The number of halogens is 2. The zero-order chi connectivity index (χ0) is 27.8. The predicted molar refractivity (Wildman–Crippen MR) is 134 cm³/mol. The van der Waals surface area contributed by atoms with Crippen molar-refractivity contribution in [1.82, 2.24) is 0 Å². The molecule has 1 heterocycles. The minimum absolute atomic E-state index is 0.0288. The topological polar surface area (TPSA) is 96.0 Å². The van der Waals surface area contributed by atoms with Gasteiger partial charge in [0, 0.05) is 41.9 Å². The Morgan fingerprint density at radius 1 is 1.18 bits per heavy atom. The Balaban J connectivity index is 1.58. The molecule has 0 N–H and O–H groups in total. The van der Waals surface area contributed by atoms with Crippen LogP contribution in [0.1, 0.15) is 72.6 Å². The Kier molecular flexibility index (Phi) is 6.40. The lowest BCUT2D eigenvalue weighted by Gasteiger charge is -2.62. The molecule has 7 nitrogen and oxygen atoms in total. The first-order valence-electron chi connectivity index (χ1n) is 13.5. The number of carbonyl (C=O) groups is 4. The number of cyclic esters (lactones) is 1. The molecule has 38 heavy (non-hydrogen) atoms. The molecule has 1 aliphatic heterocycles. The number of allylic oxidation sites excluding steroid dienone is 1. The van der Waals surface area contributed by atoms with Crippen molar-refractivity contribution < 1.29 is 42.2 Å². The molecular formula is C28H34F2O7S. The summed E-state index contributed by atoms with van der Waals surface area (Å²) >= 11 is 5.77. The summed E-state index contributed by atoms with van der Waals surface area (Å²) in [4.78, 5) is 49.5. The van der Waals surface area contributed by atoms with Gasteiger partial charge in [0.25, 0.3) is 0 Å². The second-order valence-electron chi connectivity index (χ2n) is 12.1. The van der Waals surface area contributed by atoms with Crippen LogP contribution >= 0.6 is 12.2 Å². The van der Waals surface area contributed by atoms with Crippen molar-refractivity contribution in [1.29, 1.82) is 0 Å². The number of hydrogen-bond donors (Lipinski definition) is 0. The van der Waals surface area contributed by atoms with Crippen LogP contribution in [0.25, 0.3) is 0 Å². The highest BCUT2D eigenvalue weighted by Gasteiger charge is 2.76. The SMILES string of the molecule is CCC(=O)OC1(C(=S)O[C@H]2CCOC2=O)C(C)C[C@H]2[C@@H]3CC(F)C4=CC(=O)C(=O)C[C@]4(C)[C@]3(F)CC[C@@]21C. The number of alkyl halides is 2. The van der Waals surface area contributed by atoms with Gasteiger partial charge in [-0.3, -0.25) is 14.4 Å². The molecule has 0 aromatic rings. The first kappa shape index (κ1) is 27.3. The summed E-state index contributed by atoms with van der Waals surface area (Å²) in [5.41, 5.74) is -5.67. The molecule has 5 rings (SSSR count). The van der Waals surface area contributed by atoms with Crippen LogP contribution < -0.4 is 0 Å². The third kappa shape index (κ3) is 3.43. The van der Waals surface area contributed by atoms with E-state index in [1.807, 2.05) is 13.8 Å². The molecule has 9 atom stereocenters. The number of esters is 2. The lowest BCUT2D eigenvalue weighted by molar-refractivity contribution is -0.193. The lowest BCUT2D eigenvalue weighted by Crippen LogP contribution is -2.67. The summed E-state index contributed by atoms with van der Waals surface area (Å²) in [5, 5.41) is -0.0372. The van der Waals surface area contributed by atoms with Gasteiger partial charge < -0.3 is 14.2 Å². The van der Waals surface area contributed by atoms with Gasteiger partial charge in [-0.15, -0.1) is 0 Å². The summed E-state index contributed by atoms with van der Waals surface area (Å²) in [6.07, 6.45) is -1.02. The van der Waals surface area contributed by atoms with Crippen LogP contribution in [0, 0.1) is 28.6 Å². The zero-order valence-electron chi connectivity index (χ0n) is 22.1. The van der Waals surface area contributed by atoms with Crippen molar-refractivity contribution in [2.45, 2.75) is 96.2 Å². The first-order chi connectivity index (χ1) is 17.7. The number of thiocarbonyl (C=S) groups is 1. The Morgan fingerprint density at radius 2 is 1.89 bits per heavy atom. The van der Waals surface area contributed by atoms with Crippen LogP contribution in [0.15, 0.2) is 11.6 Å². The second kappa shape index (κ2) is 8.89. The summed E-state index contributed by atoms with van der Waals surface area (Å²) in [6.45, 7) is 7.17. The van der Waals surface area contributed by atoms with Crippen LogP contribution in [0.5, 0.6) is 0 Å². The average Bonchev–Trinajstić information content (AvgIpc) is 3.36. The first-order valence-corrected chi connectivity index (χ1v) is 13.9. The predicted octanol–water partition coefficient (Wildman–Crippen LogP) is 4.33. The molecule has 0 amide bonds. The van der Waals surface area contributed by atoms with Gasteiger partial charge in [0.2, 0.25) is 16.6 Å². The van der Waals surface area contributed by atoms with Crippen molar-refractivity contribution in [2.24, 2.45) is 28.6 Å². The van der Waals surface area contributed by atoms with Crippen LogP contribution in [0.4, 0.5) is 8.78 Å². The Labute approximate surface area is 226 Å². The maximum absolute atomic E-state index is 17.4. The molecule has 0 bridgehead atoms. The summed E-state index contributed by atoms with van der Waals surface area (Å²) in [6, 6.07) is 0. The molecule has 0 radical (unpaired) electrons. The fraction of sp³-hybridized carbons (Fsp3) is 0.750. The van der Waals surface area contributed by atoms with E-state index in [0.29, 0.717) is 12.8 Å². The molecule has 208 valence electrons. The summed E-state index contributed by atoms with van der Waals surface area (Å²) in [5.74, 6) is -4.20. The van der Waals surface area contributed by atoms with Gasteiger partial charge in [0.15, 0.2) is 11.7 Å². The number of ether oxygens (including phenoxy) is 3. The van der Waals surface area contributed by atoms with Gasteiger partial charge in [-0.1, -0.05) is 27.7 Å². The standard InChI is InChI=1S/C28H34F2O7S/c1-5-22(33)37-28(24(38)36-21-6-9-35-23(21)34)14(2)10-15-16-11-18(29)17-12-19(31)20(32)13-26(17,4)27(16,30)8-7-25(15,28)3/h12,14-16,18,21H,5-11,13H2,1-4H3/t14?,15-,16-,18?,21-,25-,26-,27-,28?/m0/s1. The lowest BCUT2D eigenvalue weighted by atomic mass is 9.44. The van der Waals surface area contributed by atoms with E-state index in [0.717, 1.165) is 6.08 Å². The zero-order valence-corrected chi connectivity index (χ0v) is 23.0. The number of ketones is 2. The van der Waals surface area contributed by atoms with Crippen molar-refractivity contribution in [2.75, 3.05) is 6.61 Å². The monoisotopic (exact) mass is 552 g/mol. The molecule has 5 aliphatic rings. The van der Waals surface area contributed by atoms with E-state index in [2.05, 4.69) is 0 Å². The van der Waals surface area contributed by atoms with E-state index in [-0.39, 0.29) is 49.3 Å². The Hall–Kier alpha value is -2.23. The molecule has 1 saturated heterocycles. The van der Waals surface area contributed by atoms with Gasteiger partial charge in [0.1, 0.15) is 11.8 Å². The third-order valence-corrected chi connectivity index (χ3v) is 10.9. The highest BCUT2D eigenvalue weighted by Crippen LogP contribution is 2.72. The third-order valence-electron chi connectivity index (χ3n) is 10.5. The largest absolute Gasteiger partial charge is 0.468 e. The number of hydrogen-bond acceptors (Lipinski definition) is 8. The van der Waals surface area contributed by atoms with E-state index in [9.17, 15) is 19.2 Å². The normalized spacial score (nSPS) is 45.9. The Bertz CT molecular complexity index is 1150. The molecule has 3 saturated carbocycles. The molecule has 0 aromatic carbocycles. The van der Waals surface area contributed by atoms with E-state index >= 15 is 8.78 Å². The maximum atomic E-state index is 17.4. The van der Waals surface area contributed by atoms with E-state index < -0.39 is 75.6 Å². The smallest absolute Gasteiger partial charge is 0.347 e. The molecule has 4 aliphatic carbocycles. The van der Waals surface area contributed by atoms with E-state index in [1.165, 1.54) is 0 Å². The number of rotatable bonds is 4. The van der Waals surface area contributed by atoms with Crippen LogP contribution in [0.3, 0.4) is 0 Å². The van der Waals surface area contributed by atoms with Crippen LogP contribution in [-0.4, -0.2) is 58.7 Å². The van der Waals surface area contributed by atoms with Crippen LogP contribution in [0.2, 0.25) is 0 Å². The summed E-state index contributed by atoms with van der Waals surface area (Å²) in [7, 11) is 0. The van der Waals surface area contributed by atoms with Gasteiger partial charge in [-0.2, -0.15) is 0 Å². The Morgan fingerprint density at radius 3 is 2.53 bits per heavy atom. The van der Waals surface area contributed by atoms with E-state index in [1.54, 1.807) is 13.8 Å². The molecule has 4 fully saturated rings. The van der Waals surface area contributed by atoms with Gasteiger partial charge in [0.05, 0.1) is 6.61 Å². The van der Waals surface area contributed by atoms with Gasteiger partial charge in [-0.05, 0) is 55.5 Å². The molecule has 0 aromatic heterocycles. The molecule has 10 heteroatoms. The number of fused-ring (bicyclic) bond motifs is 5. The highest BCUT2D eigenvalue weighted by molar-refractivity contribution is 7.80. The average molecular weight is 553 g/mol. The van der Waals surface area contributed by atoms with Crippen molar-refractivity contribution in [3.05, 3.63) is 11.6 Å². The fourth-order valence-corrected chi connectivity index (χ4v) is 9.01. The number of carbonyl (C=O) groups excluding carboxylic acids is 4. The summed E-state index contributed by atoms with van der Waals surface area (Å²) < 4.78 is 50.3.